The topological polar surface area (TPSA) is 9.23 Å². The summed E-state index contributed by atoms with van der Waals surface area (Å²) < 4.78 is 6.35. The molecule has 1 aliphatic carbocycles. The maximum absolute atomic E-state index is 6.35. The largest absolute Gasteiger partial charge is 0.377 e. The van der Waals surface area contributed by atoms with Gasteiger partial charge in [0.2, 0.25) is 0 Å². The zero-order valence-electron chi connectivity index (χ0n) is 13.3. The fourth-order valence-corrected chi connectivity index (χ4v) is 5.20. The van der Waals surface area contributed by atoms with Crippen LogP contribution in [0.3, 0.4) is 0 Å². The number of hydrogen-bond donors (Lipinski definition) is 0. The Balaban J connectivity index is 2.44. The molecule has 2 fully saturated rings. The smallest absolute Gasteiger partial charge is 0.0669 e. The molecule has 1 nitrogen and oxygen atoms in total. The Morgan fingerprint density at radius 2 is 1.44 bits per heavy atom. The molecule has 2 aliphatic rings. The number of rotatable bonds is 0. The molecule has 1 saturated carbocycles. The van der Waals surface area contributed by atoms with Crippen LogP contribution < -0.4 is 0 Å². The van der Waals surface area contributed by atoms with Gasteiger partial charge in [-0.1, -0.05) is 48.0 Å². The highest BCUT2D eigenvalue weighted by molar-refractivity contribution is 5.08. The average Bonchev–Trinajstić information content (AvgIpc) is 2.25. The lowest BCUT2D eigenvalue weighted by Gasteiger charge is -2.62. The first-order chi connectivity index (χ1) is 8.20. The summed E-state index contributed by atoms with van der Waals surface area (Å²) in [5.74, 6) is 0.811. The van der Waals surface area contributed by atoms with E-state index in [1.54, 1.807) is 0 Å². The van der Waals surface area contributed by atoms with Gasteiger partial charge in [-0.05, 0) is 42.4 Å². The second-order valence-electron chi connectivity index (χ2n) is 8.56. The summed E-state index contributed by atoms with van der Waals surface area (Å²) >= 11 is 0. The van der Waals surface area contributed by atoms with E-state index in [9.17, 15) is 0 Å². The molecule has 2 atom stereocenters. The molecule has 0 spiro atoms. The van der Waals surface area contributed by atoms with E-state index in [1.165, 1.54) is 32.1 Å². The van der Waals surface area contributed by atoms with Gasteiger partial charge < -0.3 is 4.74 Å². The molecule has 0 radical (unpaired) electrons. The van der Waals surface area contributed by atoms with Crippen molar-refractivity contribution in [3.63, 3.8) is 0 Å². The summed E-state index contributed by atoms with van der Waals surface area (Å²) in [6.07, 6.45) is 7.25. The highest BCUT2D eigenvalue weighted by atomic mass is 16.5. The minimum atomic E-state index is 0.311. The number of hydrogen-bond acceptors (Lipinski definition) is 1. The van der Waals surface area contributed by atoms with Crippen molar-refractivity contribution in [2.45, 2.75) is 79.8 Å². The Morgan fingerprint density at radius 1 is 0.889 bits per heavy atom. The molecule has 0 N–H and O–H groups in total. The van der Waals surface area contributed by atoms with Crippen LogP contribution in [0.15, 0.2) is 0 Å². The van der Waals surface area contributed by atoms with E-state index in [0.717, 1.165) is 12.5 Å². The zero-order chi connectivity index (χ0) is 13.6. The van der Waals surface area contributed by atoms with Crippen LogP contribution in [0.4, 0.5) is 0 Å². The lowest BCUT2D eigenvalue weighted by atomic mass is 9.45. The molecule has 0 aromatic rings. The van der Waals surface area contributed by atoms with Gasteiger partial charge in [0.15, 0.2) is 0 Å². The van der Waals surface area contributed by atoms with Gasteiger partial charge in [-0.25, -0.2) is 0 Å². The fourth-order valence-electron chi connectivity index (χ4n) is 5.20. The van der Waals surface area contributed by atoms with Crippen molar-refractivity contribution < 1.29 is 4.74 Å². The van der Waals surface area contributed by atoms with Gasteiger partial charge >= 0.3 is 0 Å². The quantitative estimate of drug-likeness (QED) is 0.586. The van der Waals surface area contributed by atoms with E-state index in [0.29, 0.717) is 22.3 Å². The summed E-state index contributed by atoms with van der Waals surface area (Å²) in [5, 5.41) is 0. The van der Waals surface area contributed by atoms with Gasteiger partial charge in [-0.15, -0.1) is 0 Å². The molecule has 0 aromatic heterocycles. The standard InChI is InChI=1S/C17H32O/c1-15(2,3)17(16(4,5)6)11-7-9-13-10-8-12-18-14(13)17/h13-14H,7-12H2,1-6H3. The molecule has 0 amide bonds. The third kappa shape index (κ3) is 2.03. The second-order valence-corrected chi connectivity index (χ2v) is 8.56. The van der Waals surface area contributed by atoms with Crippen LogP contribution in [0.2, 0.25) is 0 Å². The Kier molecular flexibility index (Phi) is 3.60. The summed E-state index contributed by atoms with van der Waals surface area (Å²) in [5.41, 5.74) is 0.946. The van der Waals surface area contributed by atoms with Gasteiger partial charge in [-0.3, -0.25) is 0 Å². The Bertz CT molecular complexity index is 276. The Hall–Kier alpha value is -0.0400. The lowest BCUT2D eigenvalue weighted by molar-refractivity contribution is -0.211. The molecule has 1 heteroatoms. The molecule has 0 bridgehead atoms. The first-order valence-corrected chi connectivity index (χ1v) is 7.82. The van der Waals surface area contributed by atoms with Gasteiger partial charge in [-0.2, -0.15) is 0 Å². The predicted octanol–water partition coefficient (Wildman–Crippen LogP) is 5.04. The zero-order valence-corrected chi connectivity index (χ0v) is 13.3. The summed E-state index contributed by atoms with van der Waals surface area (Å²) in [6, 6.07) is 0. The van der Waals surface area contributed by atoms with Crippen LogP contribution in [-0.4, -0.2) is 12.7 Å². The van der Waals surface area contributed by atoms with Crippen molar-refractivity contribution in [1.29, 1.82) is 0 Å². The van der Waals surface area contributed by atoms with Crippen molar-refractivity contribution in [2.75, 3.05) is 6.61 Å². The Labute approximate surface area is 114 Å². The highest BCUT2D eigenvalue weighted by Crippen LogP contribution is 2.62. The van der Waals surface area contributed by atoms with E-state index in [1.807, 2.05) is 0 Å². The molecule has 0 aromatic carbocycles. The number of fused-ring (bicyclic) bond motifs is 1. The highest BCUT2D eigenvalue weighted by Gasteiger charge is 2.59. The van der Waals surface area contributed by atoms with Gasteiger partial charge in [0, 0.05) is 12.0 Å². The van der Waals surface area contributed by atoms with E-state index in [4.69, 9.17) is 4.74 Å². The average molecular weight is 252 g/mol. The van der Waals surface area contributed by atoms with Gasteiger partial charge in [0.05, 0.1) is 6.10 Å². The van der Waals surface area contributed by atoms with Crippen LogP contribution in [0, 0.1) is 22.2 Å². The first-order valence-electron chi connectivity index (χ1n) is 7.82. The van der Waals surface area contributed by atoms with Crippen LogP contribution in [0.25, 0.3) is 0 Å². The minimum absolute atomic E-state index is 0.311. The van der Waals surface area contributed by atoms with Gasteiger partial charge in [0.1, 0.15) is 0 Å². The SMILES string of the molecule is CC(C)(C)C1(C(C)(C)C)CCCC2CCCOC21. The minimum Gasteiger partial charge on any atom is -0.377 e. The van der Waals surface area contributed by atoms with Crippen molar-refractivity contribution >= 4 is 0 Å². The molecule has 18 heavy (non-hydrogen) atoms. The molecule has 1 saturated heterocycles. The summed E-state index contributed by atoms with van der Waals surface area (Å²) in [7, 11) is 0. The Morgan fingerprint density at radius 3 is 2.00 bits per heavy atom. The third-order valence-electron chi connectivity index (χ3n) is 5.75. The molecule has 2 rings (SSSR count). The van der Waals surface area contributed by atoms with Crippen molar-refractivity contribution in [1.82, 2.24) is 0 Å². The maximum atomic E-state index is 6.35. The monoisotopic (exact) mass is 252 g/mol. The van der Waals surface area contributed by atoms with E-state index in [2.05, 4.69) is 41.5 Å². The molecule has 1 heterocycles. The normalized spacial score (nSPS) is 33.0. The van der Waals surface area contributed by atoms with E-state index >= 15 is 0 Å². The summed E-state index contributed by atoms with van der Waals surface area (Å²) in [4.78, 5) is 0. The second kappa shape index (κ2) is 4.51. The number of ether oxygens (including phenoxy) is 1. The van der Waals surface area contributed by atoms with Crippen molar-refractivity contribution in [3.05, 3.63) is 0 Å². The molecular formula is C17H32O. The first kappa shape index (κ1) is 14.4. The molecule has 106 valence electrons. The fraction of sp³-hybridized carbons (Fsp3) is 1.00. The van der Waals surface area contributed by atoms with E-state index in [-0.39, 0.29) is 0 Å². The lowest BCUT2D eigenvalue weighted by Crippen LogP contribution is -2.60. The van der Waals surface area contributed by atoms with Crippen LogP contribution in [0.5, 0.6) is 0 Å². The molecular weight excluding hydrogens is 220 g/mol. The van der Waals surface area contributed by atoms with Crippen molar-refractivity contribution in [3.8, 4) is 0 Å². The molecule has 2 unspecified atom stereocenters. The maximum Gasteiger partial charge on any atom is 0.0669 e. The molecule has 1 aliphatic heterocycles. The van der Waals surface area contributed by atoms with E-state index < -0.39 is 0 Å². The van der Waals surface area contributed by atoms with Gasteiger partial charge in [0.25, 0.3) is 0 Å². The summed E-state index contributed by atoms with van der Waals surface area (Å²) in [6.45, 7) is 15.6. The van der Waals surface area contributed by atoms with Crippen LogP contribution >= 0.6 is 0 Å². The third-order valence-corrected chi connectivity index (χ3v) is 5.75. The van der Waals surface area contributed by atoms with Crippen molar-refractivity contribution in [2.24, 2.45) is 22.2 Å². The predicted molar refractivity (Wildman–Crippen MR) is 77.7 cm³/mol. The van der Waals surface area contributed by atoms with Crippen LogP contribution in [-0.2, 0) is 4.74 Å². The van der Waals surface area contributed by atoms with Crippen LogP contribution in [0.1, 0.15) is 73.6 Å².